The third-order valence-electron chi connectivity index (χ3n) is 4.92. The summed E-state index contributed by atoms with van der Waals surface area (Å²) in [4.78, 5) is 12.9. The van der Waals surface area contributed by atoms with E-state index in [2.05, 4.69) is 15.9 Å². The minimum Gasteiger partial charge on any atom is -0.299 e. The minimum absolute atomic E-state index is 0.427. The highest BCUT2D eigenvalue weighted by atomic mass is 79.9. The maximum absolute atomic E-state index is 12.3. The van der Waals surface area contributed by atoms with E-state index in [4.69, 9.17) is 0 Å². The number of rotatable bonds is 0. The van der Waals surface area contributed by atoms with E-state index in [-0.39, 0.29) is 0 Å². The molecule has 0 bridgehead atoms. The van der Waals surface area contributed by atoms with Crippen LogP contribution in [0.25, 0.3) is 0 Å². The summed E-state index contributed by atoms with van der Waals surface area (Å²) in [5, 5.41) is 0. The van der Waals surface area contributed by atoms with Gasteiger partial charge in [0.15, 0.2) is 0 Å². The Labute approximate surface area is 100 Å². The fraction of sp³-hybridized carbons (Fsp3) is 0.923. The Morgan fingerprint density at radius 3 is 2.53 bits per heavy atom. The maximum Gasteiger partial charge on any atom is 0.139 e. The lowest BCUT2D eigenvalue weighted by Crippen LogP contribution is -2.31. The molecule has 0 saturated heterocycles. The fourth-order valence-corrected chi connectivity index (χ4v) is 5.40. The molecule has 3 rings (SSSR count). The predicted molar refractivity (Wildman–Crippen MR) is 64.0 cm³/mol. The number of alkyl halides is 1. The van der Waals surface area contributed by atoms with Gasteiger partial charge in [0, 0.05) is 16.7 Å². The van der Waals surface area contributed by atoms with E-state index >= 15 is 0 Å². The van der Waals surface area contributed by atoms with Crippen LogP contribution in [0.5, 0.6) is 0 Å². The Hall–Kier alpha value is 0.150. The molecule has 0 aliphatic heterocycles. The molecule has 5 atom stereocenters. The van der Waals surface area contributed by atoms with Crippen molar-refractivity contribution >= 4 is 21.7 Å². The average molecular weight is 271 g/mol. The van der Waals surface area contributed by atoms with Crippen molar-refractivity contribution in [1.82, 2.24) is 0 Å². The molecule has 3 fully saturated rings. The van der Waals surface area contributed by atoms with Gasteiger partial charge < -0.3 is 0 Å². The summed E-state index contributed by atoms with van der Waals surface area (Å²) in [7, 11) is 0. The van der Waals surface area contributed by atoms with Crippen LogP contribution in [0, 0.1) is 23.7 Å². The largest absolute Gasteiger partial charge is 0.299 e. The summed E-state index contributed by atoms with van der Waals surface area (Å²) in [6, 6.07) is 0. The topological polar surface area (TPSA) is 17.1 Å². The van der Waals surface area contributed by atoms with Gasteiger partial charge in [0.05, 0.1) is 0 Å². The van der Waals surface area contributed by atoms with Crippen LogP contribution in [0.3, 0.4) is 0 Å². The van der Waals surface area contributed by atoms with Gasteiger partial charge in [-0.2, -0.15) is 0 Å². The van der Waals surface area contributed by atoms with E-state index < -0.39 is 0 Å². The van der Waals surface area contributed by atoms with Gasteiger partial charge in [0.2, 0.25) is 0 Å². The van der Waals surface area contributed by atoms with Crippen LogP contribution in [0.15, 0.2) is 0 Å². The second kappa shape index (κ2) is 3.87. The molecule has 3 aliphatic carbocycles. The van der Waals surface area contributed by atoms with Gasteiger partial charge in [0.25, 0.3) is 0 Å². The first-order valence-electron chi connectivity index (χ1n) is 6.47. The zero-order chi connectivity index (χ0) is 10.4. The Morgan fingerprint density at radius 2 is 1.67 bits per heavy atom. The van der Waals surface area contributed by atoms with Crippen molar-refractivity contribution in [3.8, 4) is 0 Å². The molecule has 84 valence electrons. The van der Waals surface area contributed by atoms with E-state index in [9.17, 15) is 4.79 Å². The third-order valence-corrected chi connectivity index (χ3v) is 5.99. The second-order valence-corrected chi connectivity index (χ2v) is 6.76. The van der Waals surface area contributed by atoms with E-state index in [1.807, 2.05) is 0 Å². The molecule has 0 aromatic heterocycles. The van der Waals surface area contributed by atoms with Crippen molar-refractivity contribution in [3.05, 3.63) is 0 Å². The summed E-state index contributed by atoms with van der Waals surface area (Å²) >= 11 is 3.83. The van der Waals surface area contributed by atoms with Crippen LogP contribution < -0.4 is 0 Å². The van der Waals surface area contributed by atoms with Gasteiger partial charge in [-0.3, -0.25) is 4.79 Å². The number of fused-ring (bicyclic) bond motifs is 3. The standard InChI is InChI=1S/C13H19BrO/c14-11-7-3-6-10-12(11)8-4-1-2-5-9(8)13(10)15/h8-12H,1-7H2. The quantitative estimate of drug-likeness (QED) is 0.616. The molecule has 0 amide bonds. The average Bonchev–Trinajstić information content (AvgIpc) is 2.55. The van der Waals surface area contributed by atoms with Crippen molar-refractivity contribution in [2.45, 2.75) is 49.8 Å². The SMILES string of the molecule is O=C1C2CCCCC2C2C(Br)CCCC12. The molecule has 3 saturated carbocycles. The predicted octanol–water partition coefficient (Wildman–Crippen LogP) is 3.56. The fourth-order valence-electron chi connectivity index (χ4n) is 4.32. The monoisotopic (exact) mass is 270 g/mol. The van der Waals surface area contributed by atoms with Crippen molar-refractivity contribution < 1.29 is 4.79 Å². The third kappa shape index (κ3) is 1.51. The summed E-state index contributed by atoms with van der Waals surface area (Å²) in [6.45, 7) is 0. The van der Waals surface area contributed by atoms with Gasteiger partial charge >= 0.3 is 0 Å². The van der Waals surface area contributed by atoms with Crippen LogP contribution in [0.2, 0.25) is 0 Å². The normalized spacial score (nSPS) is 49.9. The Bertz CT molecular complexity index is 276. The van der Waals surface area contributed by atoms with Gasteiger partial charge in [-0.05, 0) is 37.5 Å². The lowest BCUT2D eigenvalue weighted by molar-refractivity contribution is -0.125. The maximum atomic E-state index is 12.3. The van der Waals surface area contributed by atoms with Gasteiger partial charge in [-0.1, -0.05) is 35.2 Å². The first-order valence-corrected chi connectivity index (χ1v) is 7.38. The molecule has 0 aromatic rings. The van der Waals surface area contributed by atoms with E-state index in [1.54, 1.807) is 0 Å². The zero-order valence-electron chi connectivity index (χ0n) is 9.12. The molecule has 15 heavy (non-hydrogen) atoms. The minimum atomic E-state index is 0.427. The van der Waals surface area contributed by atoms with E-state index in [0.29, 0.717) is 28.4 Å². The summed E-state index contributed by atoms with van der Waals surface area (Å²) in [5.41, 5.74) is 0. The molecule has 0 radical (unpaired) electrons. The first kappa shape index (κ1) is 10.3. The molecule has 0 N–H and O–H groups in total. The Morgan fingerprint density at radius 1 is 0.933 bits per heavy atom. The van der Waals surface area contributed by atoms with Crippen LogP contribution in [0.1, 0.15) is 44.9 Å². The highest BCUT2D eigenvalue weighted by Gasteiger charge is 2.53. The second-order valence-electron chi connectivity index (χ2n) is 5.59. The highest BCUT2D eigenvalue weighted by Crippen LogP contribution is 2.53. The number of carbonyl (C=O) groups excluding carboxylic acids is 1. The van der Waals surface area contributed by atoms with E-state index in [1.165, 1.54) is 44.9 Å². The van der Waals surface area contributed by atoms with Crippen molar-refractivity contribution in [3.63, 3.8) is 0 Å². The molecule has 2 heteroatoms. The summed E-state index contributed by atoms with van der Waals surface area (Å²) in [6.07, 6.45) is 8.88. The lowest BCUT2D eigenvalue weighted by Gasteiger charge is -2.34. The molecular formula is C13H19BrO. The summed E-state index contributed by atoms with van der Waals surface area (Å²) < 4.78 is 0. The van der Waals surface area contributed by atoms with Gasteiger partial charge in [-0.25, -0.2) is 0 Å². The van der Waals surface area contributed by atoms with Crippen molar-refractivity contribution in [2.75, 3.05) is 0 Å². The smallest absolute Gasteiger partial charge is 0.139 e. The van der Waals surface area contributed by atoms with Crippen molar-refractivity contribution in [1.29, 1.82) is 0 Å². The Kier molecular flexibility index (Phi) is 2.66. The number of carbonyl (C=O) groups is 1. The van der Waals surface area contributed by atoms with Gasteiger partial charge in [-0.15, -0.1) is 0 Å². The summed E-state index contributed by atoms with van der Waals surface area (Å²) in [5.74, 6) is 2.94. The molecule has 3 aliphatic rings. The molecular weight excluding hydrogens is 252 g/mol. The number of Topliss-reactive ketones (excluding diaryl/α,β-unsaturated/α-hetero) is 1. The molecule has 0 heterocycles. The Balaban J connectivity index is 1.89. The first-order chi connectivity index (χ1) is 7.29. The zero-order valence-corrected chi connectivity index (χ0v) is 10.7. The van der Waals surface area contributed by atoms with Crippen LogP contribution in [-0.4, -0.2) is 10.6 Å². The molecule has 0 aromatic carbocycles. The highest BCUT2D eigenvalue weighted by molar-refractivity contribution is 9.09. The van der Waals surface area contributed by atoms with Crippen LogP contribution >= 0.6 is 15.9 Å². The van der Waals surface area contributed by atoms with E-state index in [0.717, 1.165) is 5.92 Å². The lowest BCUT2D eigenvalue weighted by atomic mass is 9.73. The molecule has 0 spiro atoms. The van der Waals surface area contributed by atoms with Crippen LogP contribution in [-0.2, 0) is 4.79 Å². The molecule has 5 unspecified atom stereocenters. The number of ketones is 1. The number of hydrogen-bond acceptors (Lipinski definition) is 1. The van der Waals surface area contributed by atoms with Crippen molar-refractivity contribution in [2.24, 2.45) is 23.7 Å². The number of hydrogen-bond donors (Lipinski definition) is 0. The van der Waals surface area contributed by atoms with Gasteiger partial charge in [0.1, 0.15) is 5.78 Å². The molecule has 1 nitrogen and oxygen atoms in total. The van der Waals surface area contributed by atoms with Crippen LogP contribution in [0.4, 0.5) is 0 Å². The number of halogens is 1.